The van der Waals surface area contributed by atoms with Crippen molar-refractivity contribution >= 4 is 5.69 Å². The Hall–Kier alpha value is -1.02. The van der Waals surface area contributed by atoms with Crippen LogP contribution in [0, 0.1) is 0 Å². The fourth-order valence-electron chi connectivity index (χ4n) is 1.99. The molecule has 0 saturated heterocycles. The summed E-state index contributed by atoms with van der Waals surface area (Å²) in [6, 6.07) is 9.66. The number of benzene rings is 1. The van der Waals surface area contributed by atoms with Crippen LogP contribution in [0.3, 0.4) is 0 Å². The van der Waals surface area contributed by atoms with E-state index in [-0.39, 0.29) is 0 Å². The van der Waals surface area contributed by atoms with Crippen LogP contribution in [0.5, 0.6) is 0 Å². The predicted octanol–water partition coefficient (Wildman–Crippen LogP) is 2.44. The fourth-order valence-corrected chi connectivity index (χ4v) is 1.99. The third kappa shape index (κ3) is 2.99. The molecule has 0 spiro atoms. The fraction of sp³-hybridized carbons (Fsp3) is 0.571. The van der Waals surface area contributed by atoms with E-state index in [0.29, 0.717) is 0 Å². The van der Waals surface area contributed by atoms with E-state index < -0.39 is 0 Å². The second-order valence-electron chi connectivity index (χ2n) is 4.89. The monoisotopic (exact) mass is 218 g/mol. The van der Waals surface area contributed by atoms with Crippen molar-refractivity contribution in [2.45, 2.75) is 31.7 Å². The van der Waals surface area contributed by atoms with E-state index in [1.54, 1.807) is 0 Å². The molecule has 1 saturated carbocycles. The minimum atomic E-state index is 0.807. The summed E-state index contributed by atoms with van der Waals surface area (Å²) in [5.41, 5.74) is 2.70. The van der Waals surface area contributed by atoms with Crippen LogP contribution >= 0.6 is 0 Å². The Morgan fingerprint density at radius 3 is 2.38 bits per heavy atom. The summed E-state index contributed by atoms with van der Waals surface area (Å²) >= 11 is 0. The van der Waals surface area contributed by atoms with Gasteiger partial charge in [-0.05, 0) is 43.5 Å². The van der Waals surface area contributed by atoms with Gasteiger partial charge in [0.05, 0.1) is 0 Å². The molecule has 1 aliphatic carbocycles. The Labute approximate surface area is 98.7 Å². The number of nitrogens with zero attached hydrogens (tertiary/aromatic N) is 1. The number of hydrogen-bond acceptors (Lipinski definition) is 2. The minimum absolute atomic E-state index is 0.807. The van der Waals surface area contributed by atoms with Crippen molar-refractivity contribution in [2.75, 3.05) is 25.5 Å². The second kappa shape index (κ2) is 5.35. The molecule has 0 heterocycles. The molecule has 0 amide bonds. The number of rotatable bonds is 5. The number of hydrogen-bond donors (Lipinski definition) is 1. The molecule has 2 nitrogen and oxygen atoms in total. The summed E-state index contributed by atoms with van der Waals surface area (Å²) in [5.74, 6) is 0. The van der Waals surface area contributed by atoms with Crippen molar-refractivity contribution in [3.05, 3.63) is 29.8 Å². The van der Waals surface area contributed by atoms with E-state index in [1.807, 2.05) is 0 Å². The Balaban J connectivity index is 1.75. The first-order valence-corrected chi connectivity index (χ1v) is 6.25. The van der Waals surface area contributed by atoms with Crippen LogP contribution in [0.15, 0.2) is 24.3 Å². The van der Waals surface area contributed by atoms with E-state index in [9.17, 15) is 0 Å². The van der Waals surface area contributed by atoms with Gasteiger partial charge in [-0.15, -0.1) is 0 Å². The van der Waals surface area contributed by atoms with Crippen molar-refractivity contribution in [2.24, 2.45) is 0 Å². The molecule has 0 unspecified atom stereocenters. The van der Waals surface area contributed by atoms with Gasteiger partial charge in [0, 0.05) is 25.8 Å². The first kappa shape index (κ1) is 11.5. The normalized spacial score (nSPS) is 15.9. The Kier molecular flexibility index (Phi) is 3.83. The lowest BCUT2D eigenvalue weighted by Crippen LogP contribution is -2.36. The molecule has 0 bridgehead atoms. The number of anilines is 1. The average Bonchev–Trinajstić information content (AvgIpc) is 2.22. The third-order valence-electron chi connectivity index (χ3n) is 3.40. The largest absolute Gasteiger partial charge is 0.378 e. The second-order valence-corrected chi connectivity index (χ2v) is 4.89. The standard InChI is InChI=1S/C14H22N2/c1-16(2)14-8-6-12(7-9-14)10-11-15-13-4-3-5-13/h6-9,13,15H,3-5,10-11H2,1-2H3. The first-order chi connectivity index (χ1) is 7.75. The van der Waals surface area contributed by atoms with Crippen molar-refractivity contribution < 1.29 is 0 Å². The maximum atomic E-state index is 3.59. The van der Waals surface area contributed by atoms with Gasteiger partial charge >= 0.3 is 0 Å². The molecular weight excluding hydrogens is 196 g/mol. The number of nitrogens with one attached hydrogen (secondary N) is 1. The van der Waals surface area contributed by atoms with E-state index >= 15 is 0 Å². The van der Waals surface area contributed by atoms with Gasteiger partial charge in [-0.3, -0.25) is 0 Å². The molecular formula is C14H22N2. The highest BCUT2D eigenvalue weighted by atomic mass is 15.1. The average molecular weight is 218 g/mol. The zero-order valence-electron chi connectivity index (χ0n) is 10.4. The molecule has 2 rings (SSSR count). The van der Waals surface area contributed by atoms with Crippen LogP contribution < -0.4 is 10.2 Å². The van der Waals surface area contributed by atoms with E-state index in [1.165, 1.54) is 30.5 Å². The first-order valence-electron chi connectivity index (χ1n) is 6.25. The lowest BCUT2D eigenvalue weighted by molar-refractivity contribution is 0.342. The van der Waals surface area contributed by atoms with Gasteiger partial charge in [-0.2, -0.15) is 0 Å². The molecule has 16 heavy (non-hydrogen) atoms. The summed E-state index contributed by atoms with van der Waals surface area (Å²) in [6.45, 7) is 1.12. The lowest BCUT2D eigenvalue weighted by Gasteiger charge is -2.26. The van der Waals surface area contributed by atoms with Crippen LogP contribution in [0.2, 0.25) is 0 Å². The van der Waals surface area contributed by atoms with Crippen LogP contribution in [-0.2, 0) is 6.42 Å². The third-order valence-corrected chi connectivity index (χ3v) is 3.40. The van der Waals surface area contributed by atoms with Crippen LogP contribution in [0.1, 0.15) is 24.8 Å². The molecule has 0 atom stereocenters. The van der Waals surface area contributed by atoms with Crippen molar-refractivity contribution in [3.63, 3.8) is 0 Å². The van der Waals surface area contributed by atoms with Gasteiger partial charge in [0.15, 0.2) is 0 Å². The van der Waals surface area contributed by atoms with Crippen LogP contribution in [-0.4, -0.2) is 26.7 Å². The maximum Gasteiger partial charge on any atom is 0.0361 e. The molecule has 2 heteroatoms. The van der Waals surface area contributed by atoms with E-state index in [0.717, 1.165) is 19.0 Å². The molecule has 1 aliphatic rings. The zero-order chi connectivity index (χ0) is 11.4. The van der Waals surface area contributed by atoms with Gasteiger partial charge in [0.2, 0.25) is 0 Å². The van der Waals surface area contributed by atoms with Crippen molar-refractivity contribution in [3.8, 4) is 0 Å². The molecule has 1 aromatic rings. The highest BCUT2D eigenvalue weighted by Crippen LogP contribution is 2.18. The predicted molar refractivity (Wildman–Crippen MR) is 70.1 cm³/mol. The van der Waals surface area contributed by atoms with Gasteiger partial charge in [-0.1, -0.05) is 18.6 Å². The zero-order valence-corrected chi connectivity index (χ0v) is 10.4. The lowest BCUT2D eigenvalue weighted by atomic mass is 9.93. The summed E-state index contributed by atoms with van der Waals surface area (Å²) in [5, 5.41) is 3.59. The SMILES string of the molecule is CN(C)c1ccc(CCNC2CCC2)cc1. The van der Waals surface area contributed by atoms with Crippen molar-refractivity contribution in [1.82, 2.24) is 5.32 Å². The molecule has 1 fully saturated rings. The highest BCUT2D eigenvalue weighted by molar-refractivity contribution is 5.45. The summed E-state index contributed by atoms with van der Waals surface area (Å²) in [6.07, 6.45) is 5.30. The molecule has 0 aliphatic heterocycles. The van der Waals surface area contributed by atoms with Crippen molar-refractivity contribution in [1.29, 1.82) is 0 Å². The minimum Gasteiger partial charge on any atom is -0.378 e. The summed E-state index contributed by atoms with van der Waals surface area (Å²) < 4.78 is 0. The van der Waals surface area contributed by atoms with Gasteiger partial charge in [0.25, 0.3) is 0 Å². The summed E-state index contributed by atoms with van der Waals surface area (Å²) in [7, 11) is 4.15. The van der Waals surface area contributed by atoms with Crippen LogP contribution in [0.25, 0.3) is 0 Å². The highest BCUT2D eigenvalue weighted by Gasteiger charge is 2.15. The van der Waals surface area contributed by atoms with E-state index in [2.05, 4.69) is 48.6 Å². The smallest absolute Gasteiger partial charge is 0.0361 e. The molecule has 88 valence electrons. The van der Waals surface area contributed by atoms with Gasteiger partial charge < -0.3 is 10.2 Å². The van der Waals surface area contributed by atoms with Crippen LogP contribution in [0.4, 0.5) is 5.69 Å². The van der Waals surface area contributed by atoms with Gasteiger partial charge in [-0.25, -0.2) is 0 Å². The quantitative estimate of drug-likeness (QED) is 0.816. The Bertz CT molecular complexity index is 312. The molecule has 1 N–H and O–H groups in total. The Morgan fingerprint density at radius 1 is 1.19 bits per heavy atom. The molecule has 1 aromatic carbocycles. The van der Waals surface area contributed by atoms with Gasteiger partial charge in [0.1, 0.15) is 0 Å². The Morgan fingerprint density at radius 2 is 1.88 bits per heavy atom. The molecule has 0 radical (unpaired) electrons. The molecule has 0 aromatic heterocycles. The summed E-state index contributed by atoms with van der Waals surface area (Å²) in [4.78, 5) is 2.14. The maximum absolute atomic E-state index is 3.59. The topological polar surface area (TPSA) is 15.3 Å². The van der Waals surface area contributed by atoms with E-state index in [4.69, 9.17) is 0 Å².